The van der Waals surface area contributed by atoms with E-state index < -0.39 is 62.2 Å². The van der Waals surface area contributed by atoms with E-state index in [4.69, 9.17) is 18.8 Å². The van der Waals surface area contributed by atoms with Gasteiger partial charge in [-0.05, 0) is 37.5 Å². The lowest BCUT2D eigenvalue weighted by atomic mass is 9.98. The van der Waals surface area contributed by atoms with E-state index in [1.807, 2.05) is 4.98 Å². The van der Waals surface area contributed by atoms with Gasteiger partial charge in [0.25, 0.3) is 5.56 Å². The second-order valence-electron chi connectivity index (χ2n) is 7.81. The Kier molecular flexibility index (Phi) is 8.51. The van der Waals surface area contributed by atoms with Crippen LogP contribution in [0.1, 0.15) is 27.0 Å². The lowest BCUT2D eigenvalue weighted by molar-refractivity contribution is -0.154. The number of halogens is 1. The molecule has 0 amide bonds. The number of hydrogen-bond acceptors (Lipinski definition) is 9. The molecule has 2 heterocycles. The van der Waals surface area contributed by atoms with Crippen molar-refractivity contribution in [3.05, 3.63) is 63.4 Å². The molecule has 14 heteroatoms. The predicted octanol–water partition coefficient (Wildman–Crippen LogP) is 1.44. The number of carbonyl (C=O) groups excluding carboxylic acids is 1. The van der Waals surface area contributed by atoms with Gasteiger partial charge in [0, 0.05) is 12.3 Å². The summed E-state index contributed by atoms with van der Waals surface area (Å²) in [7, 11) is -2.86. The third-order valence-corrected chi connectivity index (χ3v) is 6.35. The summed E-state index contributed by atoms with van der Waals surface area (Å²) >= 11 is 0. The highest BCUT2D eigenvalue weighted by Crippen LogP contribution is 2.42. The molecular formula is C21H26FN3O9P+. The lowest BCUT2D eigenvalue weighted by Crippen LogP contribution is -2.43. The van der Waals surface area contributed by atoms with Crippen LogP contribution in [0.4, 0.5) is 4.39 Å². The molecule has 1 fully saturated rings. The lowest BCUT2D eigenvalue weighted by Gasteiger charge is -2.24. The number of aromatic amines is 1. The van der Waals surface area contributed by atoms with E-state index in [1.165, 1.54) is 6.92 Å². The number of H-pyrrole nitrogens is 1. The Morgan fingerprint density at radius 1 is 1.34 bits per heavy atom. The van der Waals surface area contributed by atoms with Crippen LogP contribution in [0, 0.1) is 0 Å². The Morgan fingerprint density at radius 2 is 2.03 bits per heavy atom. The van der Waals surface area contributed by atoms with Crippen molar-refractivity contribution in [2.24, 2.45) is 0 Å². The Bertz CT molecular complexity index is 1160. The number of hydrogen-bond donors (Lipinski definition) is 2. The van der Waals surface area contributed by atoms with Crippen molar-refractivity contribution in [3.63, 3.8) is 0 Å². The molecule has 0 saturated carbocycles. The molecule has 1 aromatic heterocycles. The second-order valence-corrected chi connectivity index (χ2v) is 8.94. The minimum absolute atomic E-state index is 0.0860. The van der Waals surface area contributed by atoms with Crippen LogP contribution in [0.25, 0.3) is 0 Å². The Morgan fingerprint density at radius 3 is 2.66 bits per heavy atom. The van der Waals surface area contributed by atoms with Crippen LogP contribution in [0.5, 0.6) is 5.75 Å². The number of alkyl halides is 1. The zero-order valence-corrected chi connectivity index (χ0v) is 20.1. The van der Waals surface area contributed by atoms with Crippen molar-refractivity contribution in [2.75, 3.05) is 13.2 Å². The highest BCUT2D eigenvalue weighted by Gasteiger charge is 2.56. The zero-order valence-electron chi connectivity index (χ0n) is 19.2. The first-order chi connectivity index (χ1) is 16.6. The monoisotopic (exact) mass is 514 g/mol. The van der Waals surface area contributed by atoms with Gasteiger partial charge < -0.3 is 19.4 Å². The topological polar surface area (TPSA) is 149 Å². The number of rotatable bonds is 10. The fraction of sp³-hybridized carbons (Fsp3) is 0.476. The van der Waals surface area contributed by atoms with Gasteiger partial charge in [0.15, 0.2) is 23.7 Å². The molecule has 2 aromatic rings. The molecular weight excluding hydrogens is 488 g/mol. The summed E-state index contributed by atoms with van der Waals surface area (Å²) in [5.74, 6) is -0.456. The number of ether oxygens (including phenoxy) is 2. The molecule has 0 bridgehead atoms. The van der Waals surface area contributed by atoms with Crippen molar-refractivity contribution in [1.29, 1.82) is 0 Å². The molecule has 1 saturated heterocycles. The summed E-state index contributed by atoms with van der Waals surface area (Å²) in [6.45, 7) is 3.54. The number of aromatic nitrogens is 2. The molecule has 1 aliphatic heterocycles. The molecule has 190 valence electrons. The van der Waals surface area contributed by atoms with Crippen molar-refractivity contribution < 1.29 is 37.7 Å². The summed E-state index contributed by atoms with van der Waals surface area (Å²) in [6, 6.07) is 8.06. The quantitative estimate of drug-likeness (QED) is 0.271. The third-order valence-electron chi connectivity index (χ3n) is 5.23. The molecule has 0 radical (unpaired) electrons. The van der Waals surface area contributed by atoms with Crippen LogP contribution in [0.15, 0.2) is 52.2 Å². The first-order valence-corrected chi connectivity index (χ1v) is 11.8. The maximum atomic E-state index is 15.3. The van der Waals surface area contributed by atoms with Crippen LogP contribution in [-0.4, -0.2) is 62.6 Å². The van der Waals surface area contributed by atoms with Crippen molar-refractivity contribution in [1.82, 2.24) is 14.4 Å². The molecule has 6 atom stereocenters. The Hall–Kier alpha value is -2.96. The highest BCUT2D eigenvalue weighted by molar-refractivity contribution is 7.36. The smallest absolute Gasteiger partial charge is 0.465 e. The molecule has 2 unspecified atom stereocenters. The van der Waals surface area contributed by atoms with Crippen LogP contribution in [0.2, 0.25) is 0 Å². The largest absolute Gasteiger partial charge is 0.653 e. The van der Waals surface area contributed by atoms with E-state index >= 15 is 4.39 Å². The molecule has 1 aliphatic rings. The van der Waals surface area contributed by atoms with Crippen LogP contribution in [0.3, 0.4) is 0 Å². The Balaban J connectivity index is 1.75. The average molecular weight is 514 g/mol. The number of nitrogens with zero attached hydrogens (tertiary/aromatic N) is 2. The third kappa shape index (κ3) is 6.00. The SMILES string of the molecule is CCOC(=O)C(C)N(Oc1ccccc1)[P+](=O)OC[C@H]1O[C@@H](n2ccc(=O)[nH]c2=O)[C@](C)(F)[C@@H]1O. The Labute approximate surface area is 200 Å². The van der Waals surface area contributed by atoms with Crippen LogP contribution >= 0.6 is 8.18 Å². The van der Waals surface area contributed by atoms with Gasteiger partial charge in [0.2, 0.25) is 0 Å². The van der Waals surface area contributed by atoms with E-state index in [2.05, 4.69) is 0 Å². The van der Waals surface area contributed by atoms with Crippen LogP contribution < -0.4 is 16.1 Å². The number of aliphatic hydroxyl groups excluding tert-OH is 1. The molecule has 35 heavy (non-hydrogen) atoms. The van der Waals surface area contributed by atoms with E-state index in [-0.39, 0.29) is 12.4 Å². The first kappa shape index (κ1) is 26.6. The molecule has 12 nitrogen and oxygen atoms in total. The number of benzene rings is 1. The number of aliphatic hydroxyl groups is 1. The number of esters is 1. The standard InChI is InChI=1S/C21H25FN3O9P/c1-4-31-18(28)13(2)25(34-14-8-6-5-7-9-14)35(30)32-12-15-17(27)21(3,22)19(33-15)24-11-10-16(26)23-20(24)29/h5-11,13,15,17,19,27H,4,12H2,1-3H3/p+1/t13?,15-,17-,19-,21-/m1/s1. The number of nitrogens with one attached hydrogen (secondary N) is 1. The second kappa shape index (κ2) is 11.2. The number of carbonyl (C=O) groups is 1. The van der Waals surface area contributed by atoms with Crippen molar-refractivity contribution in [3.8, 4) is 5.75 Å². The summed E-state index contributed by atoms with van der Waals surface area (Å²) in [5.41, 5.74) is -4.08. The van der Waals surface area contributed by atoms with E-state index in [0.717, 1.165) is 28.6 Å². The molecule has 0 aliphatic carbocycles. The van der Waals surface area contributed by atoms with Gasteiger partial charge in [-0.2, -0.15) is 0 Å². The van der Waals surface area contributed by atoms with Crippen LogP contribution in [-0.2, 0) is 23.4 Å². The van der Waals surface area contributed by atoms with Gasteiger partial charge in [-0.15, -0.1) is 4.52 Å². The van der Waals surface area contributed by atoms with Gasteiger partial charge in [0.1, 0.15) is 23.6 Å². The fourth-order valence-electron chi connectivity index (χ4n) is 3.35. The van der Waals surface area contributed by atoms with Crippen molar-refractivity contribution in [2.45, 2.75) is 50.9 Å². The maximum Gasteiger partial charge on any atom is 0.653 e. The van der Waals surface area contributed by atoms with E-state index in [0.29, 0.717) is 0 Å². The fourth-order valence-corrected chi connectivity index (χ4v) is 4.28. The summed E-state index contributed by atoms with van der Waals surface area (Å²) < 4.78 is 44.8. The van der Waals surface area contributed by atoms with Gasteiger partial charge >= 0.3 is 19.8 Å². The van der Waals surface area contributed by atoms with E-state index in [1.54, 1.807) is 37.3 Å². The number of hydroxylamine groups is 1. The zero-order chi connectivity index (χ0) is 25.8. The molecule has 1 aromatic carbocycles. The van der Waals surface area contributed by atoms with Gasteiger partial charge in [-0.3, -0.25) is 19.1 Å². The predicted molar refractivity (Wildman–Crippen MR) is 119 cm³/mol. The highest BCUT2D eigenvalue weighted by atomic mass is 31.1. The van der Waals surface area contributed by atoms with Gasteiger partial charge in [-0.1, -0.05) is 18.2 Å². The first-order valence-electron chi connectivity index (χ1n) is 10.7. The minimum Gasteiger partial charge on any atom is -0.465 e. The summed E-state index contributed by atoms with van der Waals surface area (Å²) in [6.07, 6.45) is -3.68. The molecule has 0 spiro atoms. The maximum absolute atomic E-state index is 15.3. The minimum atomic E-state index is -2.86. The number of para-hydroxylation sites is 1. The average Bonchev–Trinajstić information content (AvgIpc) is 3.04. The van der Waals surface area contributed by atoms with Gasteiger partial charge in [0.05, 0.1) is 6.61 Å². The normalized spacial score (nSPS) is 25.3. The van der Waals surface area contributed by atoms with E-state index in [9.17, 15) is 24.1 Å². The van der Waals surface area contributed by atoms with Crippen molar-refractivity contribution >= 4 is 14.1 Å². The summed E-state index contributed by atoms with van der Waals surface area (Å²) in [4.78, 5) is 44.0. The molecule has 2 N–H and O–H groups in total. The van der Waals surface area contributed by atoms with Gasteiger partial charge in [-0.25, -0.2) is 9.18 Å². The molecule has 3 rings (SSSR count). The summed E-state index contributed by atoms with van der Waals surface area (Å²) in [5, 5.41) is 10.5.